The summed E-state index contributed by atoms with van der Waals surface area (Å²) in [6.07, 6.45) is 4.85. The van der Waals surface area contributed by atoms with Crippen molar-refractivity contribution in [3.63, 3.8) is 0 Å². The van der Waals surface area contributed by atoms with Gasteiger partial charge in [-0.1, -0.05) is 19.0 Å². The highest BCUT2D eigenvalue weighted by atomic mass is 16.5. The van der Waals surface area contributed by atoms with Crippen molar-refractivity contribution in [2.24, 2.45) is 13.0 Å². The molecule has 1 amide bonds. The average molecular weight is 353 g/mol. The van der Waals surface area contributed by atoms with Gasteiger partial charge >= 0.3 is 0 Å². The van der Waals surface area contributed by atoms with Crippen molar-refractivity contribution in [2.45, 2.75) is 19.9 Å². The lowest BCUT2D eigenvalue weighted by molar-refractivity contribution is 0.0913. The zero-order chi connectivity index (χ0) is 18.7. The molecule has 0 aromatic carbocycles. The lowest BCUT2D eigenvalue weighted by Crippen LogP contribution is -2.33. The Morgan fingerprint density at radius 3 is 2.77 bits per heavy atom. The fourth-order valence-electron chi connectivity index (χ4n) is 2.40. The number of rotatable bonds is 5. The average Bonchev–Trinajstić information content (AvgIpc) is 3.12. The van der Waals surface area contributed by atoms with Crippen LogP contribution in [0.15, 0.2) is 52.2 Å². The van der Waals surface area contributed by atoms with Gasteiger partial charge in [0.25, 0.3) is 11.5 Å². The monoisotopic (exact) mass is 353 g/mol. The number of aromatic nitrogens is 4. The number of pyridine rings is 2. The van der Waals surface area contributed by atoms with Crippen LogP contribution in [0.2, 0.25) is 0 Å². The SMILES string of the molecule is CC(C)C(NC(=O)c1ccn(C)c(=O)c1)c1nc(-c2cccnc2)no1. The first-order chi connectivity index (χ1) is 12.5. The van der Waals surface area contributed by atoms with E-state index >= 15 is 0 Å². The van der Waals surface area contributed by atoms with Gasteiger partial charge in [-0.2, -0.15) is 4.98 Å². The summed E-state index contributed by atoms with van der Waals surface area (Å²) in [4.78, 5) is 32.7. The van der Waals surface area contributed by atoms with Crippen molar-refractivity contribution >= 4 is 5.91 Å². The molecular weight excluding hydrogens is 334 g/mol. The van der Waals surface area contributed by atoms with Crippen LogP contribution in [0.1, 0.15) is 36.1 Å². The molecular formula is C18H19N5O3. The predicted molar refractivity (Wildman–Crippen MR) is 94.3 cm³/mol. The number of carbonyl (C=O) groups is 1. The summed E-state index contributed by atoms with van der Waals surface area (Å²) >= 11 is 0. The highest BCUT2D eigenvalue weighted by molar-refractivity contribution is 5.94. The second kappa shape index (κ2) is 7.30. The van der Waals surface area contributed by atoms with Gasteiger partial charge in [0.1, 0.15) is 6.04 Å². The molecule has 26 heavy (non-hydrogen) atoms. The second-order valence-corrected chi connectivity index (χ2v) is 6.26. The molecule has 134 valence electrons. The number of aryl methyl sites for hydroxylation is 1. The molecule has 0 saturated heterocycles. The topological polar surface area (TPSA) is 103 Å². The first-order valence-electron chi connectivity index (χ1n) is 8.17. The van der Waals surface area contributed by atoms with Gasteiger partial charge in [-0.15, -0.1) is 0 Å². The lowest BCUT2D eigenvalue weighted by Gasteiger charge is -2.18. The van der Waals surface area contributed by atoms with E-state index in [-0.39, 0.29) is 22.9 Å². The van der Waals surface area contributed by atoms with E-state index in [0.717, 1.165) is 5.56 Å². The third-order valence-electron chi connectivity index (χ3n) is 3.95. The van der Waals surface area contributed by atoms with E-state index in [1.54, 1.807) is 37.8 Å². The van der Waals surface area contributed by atoms with Crippen molar-refractivity contribution in [2.75, 3.05) is 0 Å². The smallest absolute Gasteiger partial charge is 0.252 e. The van der Waals surface area contributed by atoms with Crippen LogP contribution in [-0.4, -0.2) is 25.6 Å². The van der Waals surface area contributed by atoms with E-state index in [0.29, 0.717) is 11.7 Å². The van der Waals surface area contributed by atoms with E-state index in [4.69, 9.17) is 4.52 Å². The summed E-state index contributed by atoms with van der Waals surface area (Å²) < 4.78 is 6.75. The van der Waals surface area contributed by atoms with Crippen LogP contribution >= 0.6 is 0 Å². The molecule has 8 heteroatoms. The number of nitrogens with one attached hydrogen (secondary N) is 1. The van der Waals surface area contributed by atoms with Crippen molar-refractivity contribution in [3.8, 4) is 11.4 Å². The Bertz CT molecular complexity index is 962. The lowest BCUT2D eigenvalue weighted by atomic mass is 10.0. The molecule has 3 aromatic heterocycles. The molecule has 0 fully saturated rings. The minimum atomic E-state index is -0.482. The summed E-state index contributed by atoms with van der Waals surface area (Å²) in [5.41, 5.74) is 0.754. The predicted octanol–water partition coefficient (Wildman–Crippen LogP) is 1.96. The van der Waals surface area contributed by atoms with Gasteiger partial charge in [0, 0.05) is 42.8 Å². The van der Waals surface area contributed by atoms with Gasteiger partial charge in [-0.25, -0.2) is 0 Å². The normalized spacial score (nSPS) is 12.2. The Balaban J connectivity index is 1.83. The van der Waals surface area contributed by atoms with Crippen LogP contribution < -0.4 is 10.9 Å². The Morgan fingerprint density at radius 2 is 2.12 bits per heavy atom. The number of hydrogen-bond acceptors (Lipinski definition) is 6. The molecule has 3 heterocycles. The molecule has 3 rings (SSSR count). The molecule has 1 atom stereocenters. The Labute approximate surface area is 149 Å². The molecule has 0 saturated carbocycles. The van der Waals surface area contributed by atoms with Crippen LogP contribution in [0.25, 0.3) is 11.4 Å². The maximum atomic E-state index is 12.5. The first-order valence-corrected chi connectivity index (χ1v) is 8.17. The van der Waals surface area contributed by atoms with Gasteiger partial charge in [0.15, 0.2) is 0 Å². The van der Waals surface area contributed by atoms with Crippen LogP contribution in [0.4, 0.5) is 0 Å². The van der Waals surface area contributed by atoms with Crippen molar-refractivity contribution in [1.29, 1.82) is 0 Å². The fourth-order valence-corrected chi connectivity index (χ4v) is 2.40. The summed E-state index contributed by atoms with van der Waals surface area (Å²) in [6, 6.07) is 6.00. The molecule has 3 aromatic rings. The van der Waals surface area contributed by atoms with Crippen molar-refractivity contribution < 1.29 is 9.32 Å². The third-order valence-corrected chi connectivity index (χ3v) is 3.95. The molecule has 0 radical (unpaired) electrons. The summed E-state index contributed by atoms with van der Waals surface area (Å²) in [6.45, 7) is 3.87. The maximum Gasteiger partial charge on any atom is 0.252 e. The van der Waals surface area contributed by atoms with Gasteiger partial charge in [-0.3, -0.25) is 14.6 Å². The van der Waals surface area contributed by atoms with E-state index < -0.39 is 6.04 Å². The Hall–Kier alpha value is -3.29. The quantitative estimate of drug-likeness (QED) is 0.752. The van der Waals surface area contributed by atoms with Crippen molar-refractivity contribution in [3.05, 3.63) is 64.7 Å². The third kappa shape index (κ3) is 3.69. The van der Waals surface area contributed by atoms with Gasteiger partial charge < -0.3 is 14.4 Å². The molecule has 8 nitrogen and oxygen atoms in total. The molecule has 1 unspecified atom stereocenters. The minimum absolute atomic E-state index is 0.00712. The summed E-state index contributed by atoms with van der Waals surface area (Å²) in [7, 11) is 1.62. The minimum Gasteiger partial charge on any atom is -0.340 e. The van der Waals surface area contributed by atoms with E-state index in [9.17, 15) is 9.59 Å². The number of hydrogen-bond donors (Lipinski definition) is 1. The Morgan fingerprint density at radius 1 is 1.31 bits per heavy atom. The molecule has 0 aliphatic heterocycles. The largest absolute Gasteiger partial charge is 0.340 e. The fraction of sp³-hybridized carbons (Fsp3) is 0.278. The van der Waals surface area contributed by atoms with Crippen LogP contribution in [0.5, 0.6) is 0 Å². The Kier molecular flexibility index (Phi) is 4.92. The zero-order valence-corrected chi connectivity index (χ0v) is 14.7. The molecule has 0 aliphatic carbocycles. The highest BCUT2D eigenvalue weighted by Crippen LogP contribution is 2.23. The summed E-state index contributed by atoms with van der Waals surface area (Å²) in [5.74, 6) is 0.341. The van der Waals surface area contributed by atoms with E-state index in [1.807, 2.05) is 19.9 Å². The van der Waals surface area contributed by atoms with Crippen LogP contribution in [-0.2, 0) is 7.05 Å². The number of nitrogens with zero attached hydrogens (tertiary/aromatic N) is 4. The molecule has 1 N–H and O–H groups in total. The second-order valence-electron chi connectivity index (χ2n) is 6.26. The van der Waals surface area contributed by atoms with E-state index in [1.165, 1.54) is 10.6 Å². The van der Waals surface area contributed by atoms with Crippen molar-refractivity contribution in [1.82, 2.24) is 25.0 Å². The molecule has 0 spiro atoms. The number of amides is 1. The standard InChI is InChI=1S/C18H19N5O3/c1-11(2)15(20-17(25)12-6-8-23(3)14(24)9-12)18-21-16(22-26-18)13-5-4-7-19-10-13/h4-11,15H,1-3H3,(H,20,25). The van der Waals surface area contributed by atoms with Gasteiger partial charge in [0.2, 0.25) is 11.7 Å². The van der Waals surface area contributed by atoms with E-state index in [2.05, 4.69) is 20.4 Å². The number of carbonyl (C=O) groups excluding carboxylic acids is 1. The van der Waals surface area contributed by atoms with Gasteiger partial charge in [0.05, 0.1) is 0 Å². The maximum absolute atomic E-state index is 12.5. The zero-order valence-electron chi connectivity index (χ0n) is 14.7. The summed E-state index contributed by atoms with van der Waals surface area (Å²) in [5, 5.41) is 6.83. The van der Waals surface area contributed by atoms with Crippen LogP contribution in [0, 0.1) is 5.92 Å². The molecule has 0 bridgehead atoms. The highest BCUT2D eigenvalue weighted by Gasteiger charge is 2.25. The van der Waals surface area contributed by atoms with Crippen LogP contribution in [0.3, 0.4) is 0 Å². The molecule has 0 aliphatic rings. The first kappa shape index (κ1) is 17.5. The van der Waals surface area contributed by atoms with Gasteiger partial charge in [-0.05, 0) is 24.1 Å².